The molecule has 0 aromatic heterocycles. The van der Waals surface area contributed by atoms with Gasteiger partial charge in [-0.15, -0.1) is 0 Å². The average molecular weight is 374 g/mol. The lowest BCUT2D eigenvalue weighted by atomic mass is 9.46. The van der Waals surface area contributed by atoms with Gasteiger partial charge in [0.15, 0.2) is 5.41 Å². The molecule has 6 rings (SSSR count). The fraction of sp³-hybridized carbons (Fsp3) is 0.500. The van der Waals surface area contributed by atoms with E-state index < -0.39 is 5.41 Å². The predicted octanol–water partition coefficient (Wildman–Crippen LogP) is 4.05. The fourth-order valence-electron chi connectivity index (χ4n) is 6.67. The first kappa shape index (κ1) is 16.6. The van der Waals surface area contributed by atoms with Gasteiger partial charge in [-0.2, -0.15) is 0 Å². The molecule has 2 saturated carbocycles. The van der Waals surface area contributed by atoms with Crippen molar-refractivity contribution in [1.29, 1.82) is 0 Å². The topological polar surface area (TPSA) is 40.6 Å². The Labute approximate surface area is 165 Å². The molecule has 144 valence electrons. The average Bonchev–Trinajstić information content (AvgIpc) is 3.56. The van der Waals surface area contributed by atoms with Crippen LogP contribution in [-0.2, 0) is 9.59 Å². The summed E-state index contributed by atoms with van der Waals surface area (Å²) in [6, 6.07) is 14.9. The lowest BCUT2D eigenvalue weighted by molar-refractivity contribution is -0.243. The third kappa shape index (κ3) is 1.69. The van der Waals surface area contributed by atoms with E-state index in [1.54, 1.807) is 0 Å². The first-order valence-corrected chi connectivity index (χ1v) is 10.7. The van der Waals surface area contributed by atoms with E-state index in [9.17, 15) is 9.59 Å². The molecule has 4 aliphatic rings. The number of amides is 2. The molecular formula is C24H26N2O2. The standard InChI is InChI=1S/C24H26N2O2/c1-25-20(19-11-7-9-16-8-3-4-10-18(16)19)24(21(25)27)22(28)26(17-12-13-17)23(24)14-5-2-6-15-23/h3-4,7-11,17,20H,2,5-6,12-15H2,1H3/t20-,24-/m0/s1. The molecule has 2 amide bonds. The van der Waals surface area contributed by atoms with Crippen LogP contribution in [0, 0.1) is 5.41 Å². The lowest BCUT2D eigenvalue weighted by Gasteiger charge is -2.73. The van der Waals surface area contributed by atoms with Crippen molar-refractivity contribution in [2.45, 2.75) is 62.6 Å². The highest BCUT2D eigenvalue weighted by Gasteiger charge is 2.84. The molecule has 2 aliphatic carbocycles. The molecule has 2 aromatic rings. The SMILES string of the molecule is CN1C(=O)[C@]2(C(=O)N(C3CC3)C23CCCCC3)[C@@H]1c1cccc2ccccc12. The van der Waals surface area contributed by atoms with Crippen molar-refractivity contribution < 1.29 is 9.59 Å². The Morgan fingerprint density at radius 2 is 1.61 bits per heavy atom. The molecule has 28 heavy (non-hydrogen) atoms. The maximum Gasteiger partial charge on any atom is 0.243 e. The van der Waals surface area contributed by atoms with Crippen LogP contribution in [0.1, 0.15) is 56.6 Å². The van der Waals surface area contributed by atoms with Crippen molar-refractivity contribution in [1.82, 2.24) is 9.80 Å². The molecule has 4 fully saturated rings. The number of nitrogens with zero attached hydrogens (tertiary/aromatic N) is 2. The van der Waals surface area contributed by atoms with E-state index in [0.717, 1.165) is 49.5 Å². The quantitative estimate of drug-likeness (QED) is 0.588. The first-order chi connectivity index (χ1) is 13.6. The van der Waals surface area contributed by atoms with Crippen LogP contribution in [0.15, 0.2) is 42.5 Å². The summed E-state index contributed by atoms with van der Waals surface area (Å²) in [5.41, 5.74) is 0.0118. The maximum atomic E-state index is 13.7. The molecule has 0 N–H and O–H groups in total. The summed E-state index contributed by atoms with van der Waals surface area (Å²) < 4.78 is 0. The van der Waals surface area contributed by atoms with Crippen molar-refractivity contribution in [3.63, 3.8) is 0 Å². The molecule has 2 spiro atoms. The Bertz CT molecular complexity index is 999. The van der Waals surface area contributed by atoms with Crippen LogP contribution in [0.5, 0.6) is 0 Å². The van der Waals surface area contributed by atoms with Gasteiger partial charge in [0, 0.05) is 13.1 Å². The van der Waals surface area contributed by atoms with Gasteiger partial charge in [-0.25, -0.2) is 0 Å². The Kier molecular flexibility index (Phi) is 3.18. The lowest BCUT2D eigenvalue weighted by Crippen LogP contribution is -2.89. The van der Waals surface area contributed by atoms with E-state index in [4.69, 9.17) is 0 Å². The molecule has 2 aromatic carbocycles. The highest BCUT2D eigenvalue weighted by molar-refractivity contribution is 6.17. The van der Waals surface area contributed by atoms with Crippen molar-refractivity contribution in [3.05, 3.63) is 48.0 Å². The second-order valence-corrected chi connectivity index (χ2v) is 9.19. The molecule has 2 aliphatic heterocycles. The summed E-state index contributed by atoms with van der Waals surface area (Å²) in [6.45, 7) is 0. The number of carbonyl (C=O) groups excluding carboxylic acids is 2. The van der Waals surface area contributed by atoms with Gasteiger partial charge in [0.25, 0.3) is 0 Å². The van der Waals surface area contributed by atoms with Crippen LogP contribution in [0.2, 0.25) is 0 Å². The Morgan fingerprint density at radius 1 is 0.893 bits per heavy atom. The zero-order valence-electron chi connectivity index (χ0n) is 16.4. The number of β-lactam (4-membered cyclic amide) rings is 2. The normalized spacial score (nSPS) is 31.4. The van der Waals surface area contributed by atoms with E-state index in [1.165, 1.54) is 11.8 Å². The molecule has 2 saturated heterocycles. The molecule has 4 heteroatoms. The van der Waals surface area contributed by atoms with Crippen LogP contribution < -0.4 is 0 Å². The van der Waals surface area contributed by atoms with Gasteiger partial charge in [-0.1, -0.05) is 61.7 Å². The smallest absolute Gasteiger partial charge is 0.243 e. The van der Waals surface area contributed by atoms with Crippen LogP contribution in [0.25, 0.3) is 10.8 Å². The highest BCUT2D eigenvalue weighted by atomic mass is 16.2. The maximum absolute atomic E-state index is 13.7. The fourth-order valence-corrected chi connectivity index (χ4v) is 6.67. The number of fused-ring (bicyclic) bond motifs is 2. The zero-order valence-corrected chi connectivity index (χ0v) is 16.4. The van der Waals surface area contributed by atoms with E-state index in [2.05, 4.69) is 41.3 Å². The summed E-state index contributed by atoms with van der Waals surface area (Å²) >= 11 is 0. The molecule has 0 bridgehead atoms. The van der Waals surface area contributed by atoms with E-state index in [-0.39, 0.29) is 23.4 Å². The predicted molar refractivity (Wildman–Crippen MR) is 108 cm³/mol. The number of hydrogen-bond acceptors (Lipinski definition) is 2. The number of hydrogen-bond donors (Lipinski definition) is 0. The van der Waals surface area contributed by atoms with Crippen molar-refractivity contribution >= 4 is 22.6 Å². The molecule has 2 atom stereocenters. The third-order valence-corrected chi connectivity index (χ3v) is 7.92. The summed E-state index contributed by atoms with van der Waals surface area (Å²) in [5, 5.41) is 2.34. The number of carbonyl (C=O) groups is 2. The van der Waals surface area contributed by atoms with Crippen LogP contribution >= 0.6 is 0 Å². The van der Waals surface area contributed by atoms with Crippen molar-refractivity contribution in [2.75, 3.05) is 7.05 Å². The van der Waals surface area contributed by atoms with Gasteiger partial charge in [0.2, 0.25) is 11.8 Å². The summed E-state index contributed by atoms with van der Waals surface area (Å²) in [7, 11) is 1.88. The van der Waals surface area contributed by atoms with E-state index >= 15 is 0 Å². The minimum absolute atomic E-state index is 0.0502. The summed E-state index contributed by atoms with van der Waals surface area (Å²) in [5.74, 6) is 0.159. The zero-order chi connectivity index (χ0) is 19.1. The van der Waals surface area contributed by atoms with Gasteiger partial charge >= 0.3 is 0 Å². The number of likely N-dealkylation sites (tertiary alicyclic amines) is 2. The van der Waals surface area contributed by atoms with Crippen molar-refractivity contribution in [2.24, 2.45) is 5.41 Å². The van der Waals surface area contributed by atoms with Crippen LogP contribution in [0.3, 0.4) is 0 Å². The monoisotopic (exact) mass is 374 g/mol. The Balaban J connectivity index is 1.54. The number of rotatable bonds is 2. The van der Waals surface area contributed by atoms with Crippen LogP contribution in [-0.4, -0.2) is 40.2 Å². The van der Waals surface area contributed by atoms with E-state index in [0.29, 0.717) is 6.04 Å². The van der Waals surface area contributed by atoms with Gasteiger partial charge in [0.1, 0.15) is 0 Å². The molecule has 0 unspecified atom stereocenters. The largest absolute Gasteiger partial charge is 0.336 e. The van der Waals surface area contributed by atoms with Crippen LogP contribution in [0.4, 0.5) is 0 Å². The number of benzene rings is 2. The second-order valence-electron chi connectivity index (χ2n) is 9.19. The minimum Gasteiger partial charge on any atom is -0.336 e. The molecule has 0 radical (unpaired) electrons. The minimum atomic E-state index is -0.866. The molecule has 4 nitrogen and oxygen atoms in total. The summed E-state index contributed by atoms with van der Waals surface area (Å²) in [4.78, 5) is 31.1. The van der Waals surface area contributed by atoms with Crippen molar-refractivity contribution in [3.8, 4) is 0 Å². The van der Waals surface area contributed by atoms with Gasteiger partial charge in [0.05, 0.1) is 11.6 Å². The highest BCUT2D eigenvalue weighted by Crippen LogP contribution is 2.70. The third-order valence-electron chi connectivity index (χ3n) is 7.92. The first-order valence-electron chi connectivity index (χ1n) is 10.7. The van der Waals surface area contributed by atoms with Gasteiger partial charge in [-0.3, -0.25) is 9.59 Å². The molecular weight excluding hydrogens is 348 g/mol. The van der Waals surface area contributed by atoms with E-state index in [1.807, 2.05) is 18.0 Å². The van der Waals surface area contributed by atoms with Gasteiger partial charge in [-0.05, 0) is 42.0 Å². The van der Waals surface area contributed by atoms with Gasteiger partial charge < -0.3 is 9.80 Å². The Hall–Kier alpha value is -2.36. The molecule has 2 heterocycles. The second kappa shape index (κ2) is 5.37. The Morgan fingerprint density at radius 3 is 2.36 bits per heavy atom. The summed E-state index contributed by atoms with van der Waals surface area (Å²) in [6.07, 6.45) is 7.63.